The maximum absolute atomic E-state index is 11.4. The number of carboxylic acids is 1. The van der Waals surface area contributed by atoms with Crippen molar-refractivity contribution in [2.75, 3.05) is 16.8 Å². The van der Waals surface area contributed by atoms with Gasteiger partial charge in [0.2, 0.25) is 0 Å². The summed E-state index contributed by atoms with van der Waals surface area (Å²) in [6, 6.07) is 9.27. The zero-order valence-corrected chi connectivity index (χ0v) is 14.7. The Morgan fingerprint density at radius 3 is 2.88 bits per heavy atom. The molecule has 2 N–H and O–H groups in total. The number of anilines is 3. The smallest absolute Gasteiger partial charge is 0.337 e. The van der Waals surface area contributed by atoms with Crippen LogP contribution in [0.5, 0.6) is 0 Å². The average Bonchev–Trinajstić information content (AvgIpc) is 2.61. The third-order valence-electron chi connectivity index (χ3n) is 4.64. The van der Waals surface area contributed by atoms with E-state index in [1.807, 2.05) is 19.1 Å². The first kappa shape index (κ1) is 17.2. The molecule has 3 rings (SSSR count). The number of nitrogens with one attached hydrogen (secondary N) is 1. The molecule has 0 radical (unpaired) electrons. The maximum Gasteiger partial charge on any atom is 0.337 e. The number of carboxylic acid groups (broad SMARTS) is 1. The number of nitrogens with zero attached hydrogens (tertiary/aromatic N) is 3. The quantitative estimate of drug-likeness (QED) is 0.857. The van der Waals surface area contributed by atoms with Crippen LogP contribution >= 0.6 is 0 Å². The van der Waals surface area contributed by atoms with Crippen LogP contribution in [0.15, 0.2) is 30.3 Å². The molecular formula is C19H24N4O2. The molecule has 6 heteroatoms. The average molecular weight is 340 g/mol. The summed E-state index contributed by atoms with van der Waals surface area (Å²) < 4.78 is 0. The molecule has 1 fully saturated rings. The highest BCUT2D eigenvalue weighted by Crippen LogP contribution is 2.28. The molecule has 2 heterocycles. The fourth-order valence-corrected chi connectivity index (χ4v) is 3.41. The van der Waals surface area contributed by atoms with Crippen molar-refractivity contribution in [3.8, 4) is 0 Å². The number of rotatable bonds is 5. The number of aromatic nitrogens is 2. The van der Waals surface area contributed by atoms with E-state index in [1.54, 1.807) is 18.2 Å². The molecule has 1 unspecified atom stereocenters. The molecule has 1 aromatic carbocycles. The molecule has 1 saturated heterocycles. The van der Waals surface area contributed by atoms with Crippen LogP contribution in [0.3, 0.4) is 0 Å². The molecular weight excluding hydrogens is 316 g/mol. The van der Waals surface area contributed by atoms with Gasteiger partial charge in [-0.15, -0.1) is 0 Å². The molecule has 6 nitrogen and oxygen atoms in total. The van der Waals surface area contributed by atoms with Crippen molar-refractivity contribution in [2.24, 2.45) is 0 Å². The Hall–Kier alpha value is -2.63. The van der Waals surface area contributed by atoms with Gasteiger partial charge < -0.3 is 15.3 Å². The lowest BCUT2D eigenvalue weighted by Gasteiger charge is -2.36. The fraction of sp³-hybridized carbons (Fsp3) is 0.421. The SMILES string of the molecule is CCC1CCCCN1c1cc(Nc2ccccc2C(=O)O)nc(C)n1. The summed E-state index contributed by atoms with van der Waals surface area (Å²) in [6.07, 6.45) is 4.71. The molecule has 1 aliphatic rings. The number of hydrogen-bond donors (Lipinski definition) is 2. The summed E-state index contributed by atoms with van der Waals surface area (Å²) in [5, 5.41) is 12.5. The summed E-state index contributed by atoms with van der Waals surface area (Å²) in [5.74, 6) is 1.25. The van der Waals surface area contributed by atoms with Gasteiger partial charge in [0.25, 0.3) is 0 Å². The number of aromatic carboxylic acids is 1. The highest BCUT2D eigenvalue weighted by Gasteiger charge is 2.23. The molecule has 0 bridgehead atoms. The number of hydrogen-bond acceptors (Lipinski definition) is 5. The second kappa shape index (κ2) is 7.51. The zero-order chi connectivity index (χ0) is 17.8. The molecule has 1 atom stereocenters. The van der Waals surface area contributed by atoms with Crippen LogP contribution in [0.2, 0.25) is 0 Å². The molecule has 0 aliphatic carbocycles. The van der Waals surface area contributed by atoms with Crippen molar-refractivity contribution in [2.45, 2.75) is 45.6 Å². The second-order valence-electron chi connectivity index (χ2n) is 6.39. The highest BCUT2D eigenvalue weighted by molar-refractivity contribution is 5.95. The van der Waals surface area contributed by atoms with Gasteiger partial charge >= 0.3 is 5.97 Å². The van der Waals surface area contributed by atoms with Crippen LogP contribution in [0.4, 0.5) is 17.3 Å². The van der Waals surface area contributed by atoms with Crippen molar-refractivity contribution in [3.63, 3.8) is 0 Å². The number of para-hydroxylation sites is 1. The molecule has 25 heavy (non-hydrogen) atoms. The summed E-state index contributed by atoms with van der Waals surface area (Å²) >= 11 is 0. The van der Waals surface area contributed by atoms with Crippen molar-refractivity contribution in [3.05, 3.63) is 41.7 Å². The third-order valence-corrected chi connectivity index (χ3v) is 4.64. The predicted molar refractivity (Wildman–Crippen MR) is 98.7 cm³/mol. The predicted octanol–water partition coefficient (Wildman–Crippen LogP) is 4.00. The Balaban J connectivity index is 1.91. The molecule has 132 valence electrons. The minimum absolute atomic E-state index is 0.227. The zero-order valence-electron chi connectivity index (χ0n) is 14.7. The summed E-state index contributed by atoms with van der Waals surface area (Å²) in [6.45, 7) is 5.07. The van der Waals surface area contributed by atoms with Crippen molar-refractivity contribution >= 4 is 23.3 Å². The Morgan fingerprint density at radius 1 is 1.32 bits per heavy atom. The summed E-state index contributed by atoms with van der Waals surface area (Å²) in [5.41, 5.74) is 0.759. The standard InChI is InChI=1S/C19H24N4O2/c1-3-14-8-6-7-11-23(14)18-12-17(20-13(2)21-18)22-16-10-5-4-9-15(16)19(24)25/h4-5,9-10,12,14H,3,6-8,11H2,1-2H3,(H,24,25)(H,20,21,22). The number of piperidine rings is 1. The van der Waals surface area contributed by atoms with Gasteiger partial charge in [-0.3, -0.25) is 0 Å². The molecule has 0 spiro atoms. The van der Waals surface area contributed by atoms with Crippen LogP contribution in [-0.2, 0) is 0 Å². The Labute approximate surface area is 147 Å². The molecule has 2 aromatic rings. The minimum Gasteiger partial charge on any atom is -0.478 e. The minimum atomic E-state index is -0.962. The number of benzene rings is 1. The van der Waals surface area contributed by atoms with Gasteiger partial charge in [0, 0.05) is 18.7 Å². The van der Waals surface area contributed by atoms with Crippen LogP contribution < -0.4 is 10.2 Å². The number of aryl methyl sites for hydroxylation is 1. The van der Waals surface area contributed by atoms with Gasteiger partial charge in [-0.2, -0.15) is 0 Å². The van der Waals surface area contributed by atoms with E-state index in [0.717, 1.165) is 18.8 Å². The number of carbonyl (C=O) groups is 1. The van der Waals surface area contributed by atoms with Crippen molar-refractivity contribution in [1.29, 1.82) is 0 Å². The van der Waals surface area contributed by atoms with E-state index < -0.39 is 5.97 Å². The monoisotopic (exact) mass is 340 g/mol. The Kier molecular flexibility index (Phi) is 5.16. The first-order valence-corrected chi connectivity index (χ1v) is 8.80. The lowest BCUT2D eigenvalue weighted by atomic mass is 10.00. The molecule has 1 aliphatic heterocycles. The lowest BCUT2D eigenvalue weighted by molar-refractivity contribution is 0.0698. The van der Waals surface area contributed by atoms with E-state index in [0.29, 0.717) is 23.4 Å². The van der Waals surface area contributed by atoms with Crippen LogP contribution in [0.25, 0.3) is 0 Å². The van der Waals surface area contributed by atoms with Gasteiger partial charge in [-0.05, 0) is 44.7 Å². The first-order valence-electron chi connectivity index (χ1n) is 8.80. The molecule has 0 saturated carbocycles. The molecule has 0 amide bonds. The first-order chi connectivity index (χ1) is 12.1. The second-order valence-corrected chi connectivity index (χ2v) is 6.39. The van der Waals surface area contributed by atoms with Gasteiger partial charge in [-0.25, -0.2) is 14.8 Å². The van der Waals surface area contributed by atoms with Gasteiger partial charge in [-0.1, -0.05) is 19.1 Å². The largest absolute Gasteiger partial charge is 0.478 e. The lowest BCUT2D eigenvalue weighted by Crippen LogP contribution is -2.39. The van der Waals surface area contributed by atoms with Crippen LogP contribution in [0.1, 0.15) is 48.8 Å². The normalized spacial score (nSPS) is 17.4. The fourth-order valence-electron chi connectivity index (χ4n) is 3.41. The Morgan fingerprint density at radius 2 is 2.12 bits per heavy atom. The van der Waals surface area contributed by atoms with E-state index >= 15 is 0 Å². The van der Waals surface area contributed by atoms with E-state index in [4.69, 9.17) is 0 Å². The van der Waals surface area contributed by atoms with Gasteiger partial charge in [0.05, 0.1) is 11.3 Å². The highest BCUT2D eigenvalue weighted by atomic mass is 16.4. The van der Waals surface area contributed by atoms with E-state index in [1.165, 1.54) is 19.3 Å². The van der Waals surface area contributed by atoms with Crippen LogP contribution in [0, 0.1) is 6.92 Å². The van der Waals surface area contributed by atoms with E-state index in [-0.39, 0.29) is 5.56 Å². The van der Waals surface area contributed by atoms with E-state index in [9.17, 15) is 9.90 Å². The maximum atomic E-state index is 11.4. The Bertz CT molecular complexity index is 763. The summed E-state index contributed by atoms with van der Waals surface area (Å²) in [4.78, 5) is 22.8. The van der Waals surface area contributed by atoms with Crippen molar-refractivity contribution < 1.29 is 9.90 Å². The molecule has 1 aromatic heterocycles. The van der Waals surface area contributed by atoms with E-state index in [2.05, 4.69) is 27.1 Å². The van der Waals surface area contributed by atoms with Gasteiger partial charge in [0.1, 0.15) is 17.5 Å². The summed E-state index contributed by atoms with van der Waals surface area (Å²) in [7, 11) is 0. The van der Waals surface area contributed by atoms with Crippen molar-refractivity contribution in [1.82, 2.24) is 9.97 Å². The van der Waals surface area contributed by atoms with Gasteiger partial charge in [0.15, 0.2) is 0 Å². The third kappa shape index (κ3) is 3.90. The topological polar surface area (TPSA) is 78.4 Å². The van der Waals surface area contributed by atoms with Crippen LogP contribution in [-0.4, -0.2) is 33.6 Å².